The van der Waals surface area contributed by atoms with Crippen LogP contribution < -0.4 is 0 Å². The predicted molar refractivity (Wildman–Crippen MR) is 123 cm³/mol. The van der Waals surface area contributed by atoms with Gasteiger partial charge in [-0.3, -0.25) is 4.79 Å². The number of hydrogen-bond acceptors (Lipinski definition) is 3. The van der Waals surface area contributed by atoms with Crippen LogP contribution in [0.4, 0.5) is 0 Å². The fourth-order valence-electron chi connectivity index (χ4n) is 4.38. The SMILES string of the molecule is CC.CCC1CCC(C2=C(c3cc(I)sc3C(C)=O)CCN(C)C2)CC1. The maximum atomic E-state index is 12.1. The second-order valence-corrected chi connectivity index (χ2v) is 10.4. The number of carbonyl (C=O) groups excluding carboxylic acids is 1. The van der Waals surface area contributed by atoms with Crippen LogP contribution in [0, 0.1) is 14.7 Å². The van der Waals surface area contributed by atoms with E-state index in [1.165, 1.54) is 46.1 Å². The fourth-order valence-corrected chi connectivity index (χ4v) is 6.16. The number of halogens is 1. The Morgan fingerprint density at radius 3 is 2.50 bits per heavy atom. The Balaban J connectivity index is 0.00000117. The molecule has 1 fully saturated rings. The second-order valence-electron chi connectivity index (χ2n) is 7.47. The molecule has 2 heterocycles. The van der Waals surface area contributed by atoms with Gasteiger partial charge in [0.1, 0.15) is 0 Å². The van der Waals surface area contributed by atoms with Crippen molar-refractivity contribution in [3.8, 4) is 0 Å². The predicted octanol–water partition coefficient (Wildman–Crippen LogP) is 6.89. The zero-order valence-electron chi connectivity index (χ0n) is 17.0. The molecule has 1 saturated carbocycles. The molecular weight excluding hydrogens is 453 g/mol. The molecule has 2 aliphatic rings. The molecule has 146 valence electrons. The Bertz CT molecular complexity index is 641. The lowest BCUT2D eigenvalue weighted by Crippen LogP contribution is -2.32. The van der Waals surface area contributed by atoms with Crippen molar-refractivity contribution in [2.45, 2.75) is 66.2 Å². The quantitative estimate of drug-likeness (QED) is 0.341. The van der Waals surface area contributed by atoms with Crippen LogP contribution in [0.5, 0.6) is 0 Å². The van der Waals surface area contributed by atoms with Crippen molar-refractivity contribution in [3.05, 3.63) is 25.0 Å². The number of carbonyl (C=O) groups is 1. The largest absolute Gasteiger partial charge is 0.302 e. The lowest BCUT2D eigenvalue weighted by molar-refractivity contribution is 0.102. The highest BCUT2D eigenvalue weighted by Crippen LogP contribution is 2.42. The fraction of sp³-hybridized carbons (Fsp3) is 0.682. The Morgan fingerprint density at radius 1 is 1.27 bits per heavy atom. The van der Waals surface area contributed by atoms with E-state index in [-0.39, 0.29) is 5.78 Å². The topological polar surface area (TPSA) is 20.3 Å². The van der Waals surface area contributed by atoms with E-state index in [9.17, 15) is 4.79 Å². The van der Waals surface area contributed by atoms with Gasteiger partial charge in [0.05, 0.1) is 7.76 Å². The molecular formula is C22H34INOS. The van der Waals surface area contributed by atoms with Crippen LogP contribution in [0.2, 0.25) is 0 Å². The molecule has 2 nitrogen and oxygen atoms in total. The summed E-state index contributed by atoms with van der Waals surface area (Å²) in [6.07, 6.45) is 7.84. The highest BCUT2D eigenvalue weighted by molar-refractivity contribution is 14.1. The Hall–Kier alpha value is -0.200. The van der Waals surface area contributed by atoms with Gasteiger partial charge in [0, 0.05) is 18.7 Å². The van der Waals surface area contributed by atoms with Crippen LogP contribution in [0.25, 0.3) is 5.57 Å². The van der Waals surface area contributed by atoms with Crippen molar-refractivity contribution in [2.75, 3.05) is 20.1 Å². The van der Waals surface area contributed by atoms with Gasteiger partial charge >= 0.3 is 0 Å². The number of Topliss-reactive ketones (excluding diaryl/α,β-unsaturated/α-hetero) is 1. The van der Waals surface area contributed by atoms with Gasteiger partial charge in [-0.2, -0.15) is 0 Å². The van der Waals surface area contributed by atoms with E-state index in [1.807, 2.05) is 13.8 Å². The number of nitrogens with zero attached hydrogens (tertiary/aromatic N) is 1. The highest BCUT2D eigenvalue weighted by atomic mass is 127. The molecule has 3 rings (SSSR count). The van der Waals surface area contributed by atoms with E-state index in [0.717, 1.165) is 36.2 Å². The lowest BCUT2D eigenvalue weighted by atomic mass is 9.74. The van der Waals surface area contributed by atoms with Crippen molar-refractivity contribution < 1.29 is 4.79 Å². The third-order valence-electron chi connectivity index (χ3n) is 5.84. The molecule has 0 atom stereocenters. The molecule has 1 aromatic rings. The van der Waals surface area contributed by atoms with E-state index in [0.29, 0.717) is 0 Å². The lowest BCUT2D eigenvalue weighted by Gasteiger charge is -2.36. The molecule has 1 aliphatic heterocycles. The summed E-state index contributed by atoms with van der Waals surface area (Å²) in [6.45, 7) is 10.2. The normalized spacial score (nSPS) is 24.2. The van der Waals surface area contributed by atoms with E-state index >= 15 is 0 Å². The van der Waals surface area contributed by atoms with Gasteiger partial charge in [0.15, 0.2) is 5.78 Å². The standard InChI is InChI=1S/C20H28INOS.C2H6/c1-4-14-5-7-15(8-6-14)18-12-22(3)10-9-16(18)17-11-19(21)24-20(17)13(2)23;1-2/h11,14-15H,4-10,12H2,1-3H3;1-2H3. The van der Waals surface area contributed by atoms with Gasteiger partial charge in [0.2, 0.25) is 0 Å². The van der Waals surface area contributed by atoms with Crippen molar-refractivity contribution >= 4 is 45.3 Å². The van der Waals surface area contributed by atoms with Crippen molar-refractivity contribution in [3.63, 3.8) is 0 Å². The number of likely N-dealkylation sites (N-methyl/N-ethyl adjacent to an activating group) is 1. The minimum Gasteiger partial charge on any atom is -0.302 e. The van der Waals surface area contributed by atoms with Crippen molar-refractivity contribution in [1.82, 2.24) is 4.90 Å². The molecule has 1 aromatic heterocycles. The molecule has 0 radical (unpaired) electrons. The Kier molecular flexibility index (Phi) is 8.81. The Morgan fingerprint density at radius 2 is 1.92 bits per heavy atom. The van der Waals surface area contributed by atoms with E-state index in [2.05, 4.69) is 47.5 Å². The van der Waals surface area contributed by atoms with Gasteiger partial charge in [-0.05, 0) is 97.7 Å². The van der Waals surface area contributed by atoms with Gasteiger partial charge in [-0.1, -0.05) is 27.2 Å². The van der Waals surface area contributed by atoms with Crippen LogP contribution in [0.15, 0.2) is 11.6 Å². The molecule has 0 bridgehead atoms. The van der Waals surface area contributed by atoms with Gasteiger partial charge < -0.3 is 4.90 Å². The molecule has 0 N–H and O–H groups in total. The van der Waals surface area contributed by atoms with Crippen molar-refractivity contribution in [2.24, 2.45) is 11.8 Å². The minimum absolute atomic E-state index is 0.221. The average molecular weight is 487 g/mol. The zero-order valence-corrected chi connectivity index (χ0v) is 20.0. The molecule has 0 amide bonds. The van der Waals surface area contributed by atoms with Crippen LogP contribution in [-0.2, 0) is 0 Å². The summed E-state index contributed by atoms with van der Waals surface area (Å²) in [4.78, 5) is 15.6. The van der Waals surface area contributed by atoms with Crippen molar-refractivity contribution in [1.29, 1.82) is 0 Å². The summed E-state index contributed by atoms with van der Waals surface area (Å²) in [6, 6.07) is 2.25. The van der Waals surface area contributed by atoms with Crippen LogP contribution in [0.3, 0.4) is 0 Å². The van der Waals surface area contributed by atoms with Crippen LogP contribution in [0.1, 0.15) is 81.5 Å². The smallest absolute Gasteiger partial charge is 0.170 e. The molecule has 0 unspecified atom stereocenters. The maximum absolute atomic E-state index is 12.1. The number of rotatable bonds is 4. The molecule has 1 aliphatic carbocycles. The summed E-state index contributed by atoms with van der Waals surface area (Å²) in [5.74, 6) is 1.88. The molecule has 0 saturated heterocycles. The number of hydrogen-bond donors (Lipinski definition) is 0. The third kappa shape index (κ3) is 5.20. The molecule has 4 heteroatoms. The molecule has 0 spiro atoms. The minimum atomic E-state index is 0.221. The first-order valence-electron chi connectivity index (χ1n) is 10.2. The maximum Gasteiger partial charge on any atom is 0.170 e. The van der Waals surface area contributed by atoms with Crippen LogP contribution >= 0.6 is 33.9 Å². The number of ketones is 1. The first-order valence-corrected chi connectivity index (χ1v) is 12.1. The molecule has 0 aromatic carbocycles. The van der Waals surface area contributed by atoms with Gasteiger partial charge in [0.25, 0.3) is 0 Å². The highest BCUT2D eigenvalue weighted by Gasteiger charge is 2.29. The zero-order chi connectivity index (χ0) is 19.3. The summed E-state index contributed by atoms with van der Waals surface area (Å²) in [5, 5.41) is 0. The first kappa shape index (κ1) is 22.1. The summed E-state index contributed by atoms with van der Waals surface area (Å²) in [5.41, 5.74) is 4.38. The molecule has 26 heavy (non-hydrogen) atoms. The third-order valence-corrected chi connectivity index (χ3v) is 7.83. The van der Waals surface area contributed by atoms with Gasteiger partial charge in [-0.25, -0.2) is 0 Å². The monoisotopic (exact) mass is 487 g/mol. The summed E-state index contributed by atoms with van der Waals surface area (Å²) in [7, 11) is 2.23. The second kappa shape index (κ2) is 10.4. The summed E-state index contributed by atoms with van der Waals surface area (Å²) >= 11 is 4.02. The average Bonchev–Trinajstić information content (AvgIpc) is 3.05. The summed E-state index contributed by atoms with van der Waals surface area (Å²) < 4.78 is 1.23. The number of thiophene rings is 1. The van der Waals surface area contributed by atoms with Crippen LogP contribution in [-0.4, -0.2) is 30.8 Å². The van der Waals surface area contributed by atoms with E-state index in [1.54, 1.807) is 23.8 Å². The van der Waals surface area contributed by atoms with Gasteiger partial charge in [-0.15, -0.1) is 11.3 Å². The van der Waals surface area contributed by atoms with E-state index < -0.39 is 0 Å². The van der Waals surface area contributed by atoms with E-state index in [4.69, 9.17) is 0 Å². The first-order chi connectivity index (χ1) is 12.5. The Labute approximate surface area is 177 Å².